The Morgan fingerprint density at radius 3 is 2.57 bits per heavy atom. The highest BCUT2D eigenvalue weighted by Crippen LogP contribution is 2.37. The van der Waals surface area contributed by atoms with Gasteiger partial charge in [0.05, 0.1) is 30.8 Å². The predicted molar refractivity (Wildman–Crippen MR) is 107 cm³/mol. The quantitative estimate of drug-likeness (QED) is 0.400. The highest BCUT2D eigenvalue weighted by Gasteiger charge is 2.39. The van der Waals surface area contributed by atoms with Gasteiger partial charge < -0.3 is 10.1 Å². The molecule has 3 rings (SSSR count). The second kappa shape index (κ2) is 8.68. The fraction of sp³-hybridized carbons (Fsp3) is 0.316. The van der Waals surface area contributed by atoms with Gasteiger partial charge in [-0.25, -0.2) is 10.2 Å². The van der Waals surface area contributed by atoms with E-state index in [1.165, 1.54) is 13.2 Å². The van der Waals surface area contributed by atoms with Crippen molar-refractivity contribution in [3.63, 3.8) is 0 Å². The number of nitrogens with zero attached hydrogens (tertiary/aromatic N) is 2. The number of piperazine rings is 1. The zero-order valence-corrected chi connectivity index (χ0v) is 15.7. The topological polar surface area (TPSA) is 106 Å². The van der Waals surface area contributed by atoms with Crippen molar-refractivity contribution in [1.82, 2.24) is 15.2 Å². The lowest BCUT2D eigenvalue weighted by atomic mass is 10.1. The lowest BCUT2D eigenvalue weighted by molar-refractivity contribution is -0.384. The molecule has 0 spiro atoms. The van der Waals surface area contributed by atoms with E-state index in [1.54, 1.807) is 12.1 Å². The summed E-state index contributed by atoms with van der Waals surface area (Å²) in [4.78, 5) is 22.7. The normalized spacial score (nSPS) is 15.5. The number of anilines is 1. The molecule has 1 aliphatic rings. The number of nitrogens with one attached hydrogen (secondary N) is 3. The first-order valence-corrected chi connectivity index (χ1v) is 9.04. The van der Waals surface area contributed by atoms with Gasteiger partial charge in [0, 0.05) is 30.8 Å². The van der Waals surface area contributed by atoms with Crippen molar-refractivity contribution in [2.24, 2.45) is 0 Å². The second-order valence-electron chi connectivity index (χ2n) is 6.69. The van der Waals surface area contributed by atoms with E-state index in [0.717, 1.165) is 31.7 Å². The molecule has 0 radical (unpaired) electrons. The van der Waals surface area contributed by atoms with Gasteiger partial charge in [-0.2, -0.15) is 0 Å². The lowest BCUT2D eigenvalue weighted by Gasteiger charge is -2.41. The van der Waals surface area contributed by atoms with Crippen LogP contribution in [0.4, 0.5) is 21.9 Å². The van der Waals surface area contributed by atoms with Crippen LogP contribution in [0.3, 0.4) is 0 Å². The smallest absolute Gasteiger partial charge is 0.425 e. The van der Waals surface area contributed by atoms with Gasteiger partial charge in [0.2, 0.25) is 5.69 Å². The SMILES string of the molecule is COC(=O)NNc1ccc([N+](=O)[O-])c([N+]2(Cc3ccccc3)CCNCC2)c1. The van der Waals surface area contributed by atoms with Crippen molar-refractivity contribution >= 4 is 23.2 Å². The third-order valence-electron chi connectivity index (χ3n) is 4.94. The molecule has 1 amide bonds. The van der Waals surface area contributed by atoms with Gasteiger partial charge in [0.15, 0.2) is 0 Å². The number of nitro groups is 1. The zero-order chi connectivity index (χ0) is 20.0. The number of rotatable bonds is 6. The van der Waals surface area contributed by atoms with Gasteiger partial charge in [-0.15, -0.1) is 0 Å². The summed E-state index contributed by atoms with van der Waals surface area (Å²) in [6, 6.07) is 14.8. The number of benzene rings is 2. The van der Waals surface area contributed by atoms with E-state index >= 15 is 0 Å². The Kier molecular flexibility index (Phi) is 6.07. The largest absolute Gasteiger partial charge is 0.452 e. The average Bonchev–Trinajstić information content (AvgIpc) is 2.73. The summed E-state index contributed by atoms with van der Waals surface area (Å²) in [5.74, 6) is 0. The Labute approximate surface area is 163 Å². The van der Waals surface area contributed by atoms with Crippen LogP contribution in [0.5, 0.6) is 0 Å². The van der Waals surface area contributed by atoms with Crippen LogP contribution in [-0.2, 0) is 11.3 Å². The molecule has 3 N–H and O–H groups in total. The minimum absolute atomic E-state index is 0.0708. The summed E-state index contributed by atoms with van der Waals surface area (Å²) in [6.45, 7) is 3.63. The molecule has 28 heavy (non-hydrogen) atoms. The molecule has 0 bridgehead atoms. The Morgan fingerprint density at radius 1 is 1.21 bits per heavy atom. The summed E-state index contributed by atoms with van der Waals surface area (Å²) < 4.78 is 5.01. The number of quaternary nitrogens is 1. The Morgan fingerprint density at radius 2 is 1.93 bits per heavy atom. The van der Waals surface area contributed by atoms with Crippen LogP contribution in [-0.4, -0.2) is 44.3 Å². The van der Waals surface area contributed by atoms with Gasteiger partial charge >= 0.3 is 11.8 Å². The highest BCUT2D eigenvalue weighted by atomic mass is 16.6. The molecule has 1 fully saturated rings. The molecule has 0 aliphatic carbocycles. The minimum atomic E-state index is -0.643. The van der Waals surface area contributed by atoms with E-state index in [-0.39, 0.29) is 10.6 Å². The number of nitro benzene ring substituents is 1. The van der Waals surface area contributed by atoms with Crippen molar-refractivity contribution in [3.8, 4) is 0 Å². The van der Waals surface area contributed by atoms with E-state index in [1.807, 2.05) is 30.3 Å². The van der Waals surface area contributed by atoms with Gasteiger partial charge in [-0.05, 0) is 6.07 Å². The molecule has 1 heterocycles. The first-order chi connectivity index (χ1) is 13.5. The van der Waals surface area contributed by atoms with Gasteiger partial charge in [0.25, 0.3) is 0 Å². The number of amides is 1. The Hall–Kier alpha value is -3.17. The Bertz CT molecular complexity index is 837. The molecular weight excluding hydrogens is 362 g/mol. The summed E-state index contributed by atoms with van der Waals surface area (Å²) in [6.07, 6.45) is -0.643. The average molecular weight is 386 g/mol. The molecule has 2 aromatic carbocycles. The van der Waals surface area contributed by atoms with Crippen molar-refractivity contribution in [2.45, 2.75) is 6.54 Å². The van der Waals surface area contributed by atoms with Crippen LogP contribution in [0.15, 0.2) is 48.5 Å². The third kappa shape index (κ3) is 4.38. The maximum atomic E-state index is 11.8. The van der Waals surface area contributed by atoms with Gasteiger partial charge in [-0.1, -0.05) is 30.3 Å². The van der Waals surface area contributed by atoms with Crippen LogP contribution in [0.2, 0.25) is 0 Å². The van der Waals surface area contributed by atoms with Crippen LogP contribution in [0, 0.1) is 10.1 Å². The van der Waals surface area contributed by atoms with E-state index in [4.69, 9.17) is 0 Å². The first-order valence-electron chi connectivity index (χ1n) is 9.04. The summed E-state index contributed by atoms with van der Waals surface area (Å²) >= 11 is 0. The van der Waals surface area contributed by atoms with Crippen molar-refractivity contribution in [3.05, 3.63) is 64.2 Å². The van der Waals surface area contributed by atoms with Crippen molar-refractivity contribution in [1.29, 1.82) is 0 Å². The number of ether oxygens (including phenoxy) is 1. The first kappa shape index (κ1) is 19.6. The minimum Gasteiger partial charge on any atom is -0.452 e. The van der Waals surface area contributed by atoms with E-state index in [0.29, 0.717) is 22.4 Å². The van der Waals surface area contributed by atoms with E-state index < -0.39 is 6.09 Å². The number of hydrazine groups is 1. The lowest BCUT2D eigenvalue weighted by Crippen LogP contribution is -2.59. The molecule has 9 heteroatoms. The van der Waals surface area contributed by atoms with Crippen LogP contribution in [0.1, 0.15) is 5.56 Å². The van der Waals surface area contributed by atoms with Gasteiger partial charge in [0.1, 0.15) is 6.54 Å². The predicted octanol–water partition coefficient (Wildman–Crippen LogP) is 2.39. The zero-order valence-electron chi connectivity index (χ0n) is 15.7. The van der Waals surface area contributed by atoms with Crippen LogP contribution >= 0.6 is 0 Å². The molecular formula is C19H24N5O4+. The summed E-state index contributed by atoms with van der Waals surface area (Å²) in [7, 11) is 1.26. The number of methoxy groups -OCH3 is 1. The molecule has 1 saturated heterocycles. The fourth-order valence-electron chi connectivity index (χ4n) is 3.55. The summed E-state index contributed by atoms with van der Waals surface area (Å²) in [5.41, 5.74) is 7.49. The van der Waals surface area contributed by atoms with Crippen molar-refractivity contribution < 1.29 is 14.5 Å². The third-order valence-corrected chi connectivity index (χ3v) is 4.94. The standard InChI is InChI=1S/C19H23N5O4/c1-28-19(25)22-21-16-7-8-17(23(26)27)18(13-16)24(11-9-20-10-12-24)14-15-5-3-2-4-6-15/h2-8,13,20-21H,9-12,14H2,1H3/p+1. The van der Waals surface area contributed by atoms with E-state index in [9.17, 15) is 14.9 Å². The van der Waals surface area contributed by atoms with E-state index in [2.05, 4.69) is 20.9 Å². The molecule has 9 nitrogen and oxygen atoms in total. The van der Waals surface area contributed by atoms with Crippen LogP contribution in [0.25, 0.3) is 0 Å². The maximum absolute atomic E-state index is 11.8. The highest BCUT2D eigenvalue weighted by molar-refractivity contribution is 5.72. The number of carbonyl (C=O) groups is 1. The number of hydrogen-bond donors (Lipinski definition) is 3. The molecule has 0 unspecified atom stereocenters. The monoisotopic (exact) mass is 386 g/mol. The molecule has 2 aromatic rings. The molecule has 0 aromatic heterocycles. The number of carbonyl (C=O) groups excluding carboxylic acids is 1. The molecule has 0 saturated carbocycles. The second-order valence-corrected chi connectivity index (χ2v) is 6.69. The maximum Gasteiger partial charge on any atom is 0.425 e. The summed E-state index contributed by atoms with van der Waals surface area (Å²) in [5, 5.41) is 15.1. The van der Waals surface area contributed by atoms with Crippen LogP contribution < -0.4 is 20.7 Å². The molecule has 0 atom stereocenters. The Balaban J connectivity index is 2.01. The molecule has 1 aliphatic heterocycles. The fourth-order valence-corrected chi connectivity index (χ4v) is 3.55. The number of hydrogen-bond acceptors (Lipinski definition) is 6. The van der Waals surface area contributed by atoms with Gasteiger partial charge in [-0.3, -0.25) is 20.0 Å². The molecule has 148 valence electrons. The van der Waals surface area contributed by atoms with Crippen molar-refractivity contribution in [2.75, 3.05) is 38.7 Å².